The van der Waals surface area contributed by atoms with Crippen LogP contribution in [0.2, 0.25) is 0 Å². The van der Waals surface area contributed by atoms with Gasteiger partial charge in [0, 0.05) is 12.2 Å². The molecule has 2 amide bonds. The first-order valence-corrected chi connectivity index (χ1v) is 6.92. The standard InChI is InChI=1S/C17H14FN3O2/c18-14-6-4-12(5-7-14)8-9-20-16(22)17(23)21-15-3-1-2-13(10-15)11-19/h1-7,10H,8-9H2,(H,20,22)(H,21,23). The van der Waals surface area contributed by atoms with E-state index in [-0.39, 0.29) is 12.4 Å². The van der Waals surface area contributed by atoms with Crippen LogP contribution in [0.4, 0.5) is 10.1 Å². The Balaban J connectivity index is 1.82. The minimum atomic E-state index is -0.806. The molecular formula is C17H14FN3O2. The van der Waals surface area contributed by atoms with Crippen LogP contribution in [-0.2, 0) is 16.0 Å². The Kier molecular flexibility index (Phi) is 5.42. The third-order valence-corrected chi connectivity index (χ3v) is 3.07. The monoisotopic (exact) mass is 311 g/mol. The van der Waals surface area contributed by atoms with Crippen molar-refractivity contribution in [3.05, 3.63) is 65.5 Å². The maximum Gasteiger partial charge on any atom is 0.313 e. The molecule has 0 atom stereocenters. The van der Waals surface area contributed by atoms with Crippen LogP contribution in [0, 0.1) is 17.1 Å². The highest BCUT2D eigenvalue weighted by Gasteiger charge is 2.13. The van der Waals surface area contributed by atoms with E-state index in [4.69, 9.17) is 5.26 Å². The first-order valence-electron chi connectivity index (χ1n) is 6.92. The number of benzene rings is 2. The van der Waals surface area contributed by atoms with Crippen molar-refractivity contribution in [2.24, 2.45) is 0 Å². The molecule has 23 heavy (non-hydrogen) atoms. The van der Waals surface area contributed by atoms with Crippen molar-refractivity contribution in [2.75, 3.05) is 11.9 Å². The molecule has 0 saturated heterocycles. The van der Waals surface area contributed by atoms with Gasteiger partial charge < -0.3 is 10.6 Å². The number of halogens is 1. The van der Waals surface area contributed by atoms with Crippen LogP contribution in [0.5, 0.6) is 0 Å². The highest BCUT2D eigenvalue weighted by Crippen LogP contribution is 2.09. The summed E-state index contributed by atoms with van der Waals surface area (Å²) in [5, 5.41) is 13.7. The Labute approximate surface area is 132 Å². The third-order valence-electron chi connectivity index (χ3n) is 3.07. The van der Waals surface area contributed by atoms with E-state index in [2.05, 4.69) is 10.6 Å². The average molecular weight is 311 g/mol. The summed E-state index contributed by atoms with van der Waals surface area (Å²) in [6, 6.07) is 14.1. The molecule has 6 heteroatoms. The smallest absolute Gasteiger partial charge is 0.313 e. The Bertz CT molecular complexity index is 751. The van der Waals surface area contributed by atoms with Gasteiger partial charge in [-0.1, -0.05) is 18.2 Å². The average Bonchev–Trinajstić information content (AvgIpc) is 2.56. The number of nitrogens with zero attached hydrogens (tertiary/aromatic N) is 1. The maximum absolute atomic E-state index is 12.8. The summed E-state index contributed by atoms with van der Waals surface area (Å²) in [4.78, 5) is 23.4. The third kappa shape index (κ3) is 4.93. The second-order valence-corrected chi connectivity index (χ2v) is 4.78. The van der Waals surface area contributed by atoms with Gasteiger partial charge in [-0.05, 0) is 42.3 Å². The minimum absolute atomic E-state index is 0.260. The maximum atomic E-state index is 12.8. The van der Waals surface area contributed by atoms with E-state index in [1.165, 1.54) is 18.2 Å². The zero-order chi connectivity index (χ0) is 16.7. The topological polar surface area (TPSA) is 82.0 Å². The van der Waals surface area contributed by atoms with Crippen molar-refractivity contribution in [2.45, 2.75) is 6.42 Å². The summed E-state index contributed by atoms with van der Waals surface area (Å²) < 4.78 is 12.8. The van der Waals surface area contributed by atoms with Gasteiger partial charge in [-0.15, -0.1) is 0 Å². The van der Waals surface area contributed by atoms with E-state index < -0.39 is 11.8 Å². The molecule has 0 aliphatic heterocycles. The predicted molar refractivity (Wildman–Crippen MR) is 82.9 cm³/mol. The van der Waals surface area contributed by atoms with Crippen molar-refractivity contribution < 1.29 is 14.0 Å². The second-order valence-electron chi connectivity index (χ2n) is 4.78. The molecule has 0 radical (unpaired) electrons. The van der Waals surface area contributed by atoms with E-state index >= 15 is 0 Å². The molecule has 2 aromatic carbocycles. The van der Waals surface area contributed by atoms with Crippen LogP contribution in [0.1, 0.15) is 11.1 Å². The molecule has 0 unspecified atom stereocenters. The normalized spacial score (nSPS) is 9.74. The van der Waals surface area contributed by atoms with E-state index in [1.54, 1.807) is 30.3 Å². The van der Waals surface area contributed by atoms with Crippen LogP contribution in [0.3, 0.4) is 0 Å². The van der Waals surface area contributed by atoms with Gasteiger partial charge in [0.05, 0.1) is 11.6 Å². The van der Waals surface area contributed by atoms with Gasteiger partial charge in [0.15, 0.2) is 0 Å². The number of hydrogen-bond acceptors (Lipinski definition) is 3. The SMILES string of the molecule is N#Cc1cccc(NC(=O)C(=O)NCCc2ccc(F)cc2)c1. The van der Waals surface area contributed by atoms with Crippen molar-refractivity contribution in [1.29, 1.82) is 5.26 Å². The fourth-order valence-corrected chi connectivity index (χ4v) is 1.91. The largest absolute Gasteiger partial charge is 0.347 e. The number of nitriles is 1. The molecule has 116 valence electrons. The summed E-state index contributed by atoms with van der Waals surface area (Å²) in [6.45, 7) is 0.260. The lowest BCUT2D eigenvalue weighted by Crippen LogP contribution is -2.36. The van der Waals surface area contributed by atoms with Gasteiger partial charge in [0.25, 0.3) is 0 Å². The molecule has 0 bridgehead atoms. The van der Waals surface area contributed by atoms with Crippen molar-refractivity contribution in [3.63, 3.8) is 0 Å². The Morgan fingerprint density at radius 2 is 1.83 bits per heavy atom. The van der Waals surface area contributed by atoms with E-state index in [0.29, 0.717) is 17.7 Å². The van der Waals surface area contributed by atoms with Gasteiger partial charge in [-0.3, -0.25) is 9.59 Å². The summed E-state index contributed by atoms with van der Waals surface area (Å²) in [5.41, 5.74) is 1.62. The van der Waals surface area contributed by atoms with Crippen LogP contribution >= 0.6 is 0 Å². The number of anilines is 1. The second kappa shape index (κ2) is 7.71. The molecule has 0 aliphatic carbocycles. The fraction of sp³-hybridized carbons (Fsp3) is 0.118. The Hall–Kier alpha value is -3.20. The van der Waals surface area contributed by atoms with Crippen LogP contribution in [0.15, 0.2) is 48.5 Å². The summed E-state index contributed by atoms with van der Waals surface area (Å²) in [6.07, 6.45) is 0.489. The number of amides is 2. The van der Waals surface area contributed by atoms with Gasteiger partial charge >= 0.3 is 11.8 Å². The van der Waals surface area contributed by atoms with Crippen LogP contribution in [-0.4, -0.2) is 18.4 Å². The molecule has 2 rings (SSSR count). The molecule has 0 heterocycles. The number of rotatable bonds is 4. The number of hydrogen-bond donors (Lipinski definition) is 2. The van der Waals surface area contributed by atoms with E-state index in [1.807, 2.05) is 6.07 Å². The van der Waals surface area contributed by atoms with Crippen molar-refractivity contribution in [3.8, 4) is 6.07 Å². The Morgan fingerprint density at radius 1 is 1.09 bits per heavy atom. The molecule has 0 spiro atoms. The van der Waals surface area contributed by atoms with Crippen LogP contribution in [0.25, 0.3) is 0 Å². The van der Waals surface area contributed by atoms with Gasteiger partial charge in [-0.25, -0.2) is 4.39 Å². The molecular weight excluding hydrogens is 297 g/mol. The number of carbonyl (C=O) groups is 2. The lowest BCUT2D eigenvalue weighted by Gasteiger charge is -2.07. The molecule has 2 N–H and O–H groups in total. The molecule has 0 aromatic heterocycles. The van der Waals surface area contributed by atoms with E-state index in [0.717, 1.165) is 5.56 Å². The first-order chi connectivity index (χ1) is 11.1. The van der Waals surface area contributed by atoms with Crippen LogP contribution < -0.4 is 10.6 Å². The highest BCUT2D eigenvalue weighted by molar-refractivity contribution is 6.39. The molecule has 2 aromatic rings. The lowest BCUT2D eigenvalue weighted by atomic mass is 10.1. The van der Waals surface area contributed by atoms with Crippen molar-refractivity contribution >= 4 is 17.5 Å². The number of carbonyl (C=O) groups excluding carboxylic acids is 2. The van der Waals surface area contributed by atoms with Crippen molar-refractivity contribution in [1.82, 2.24) is 5.32 Å². The van der Waals surface area contributed by atoms with E-state index in [9.17, 15) is 14.0 Å². The Morgan fingerprint density at radius 3 is 2.52 bits per heavy atom. The zero-order valence-electron chi connectivity index (χ0n) is 12.2. The molecule has 0 saturated carbocycles. The summed E-state index contributed by atoms with van der Waals surface area (Å²) >= 11 is 0. The number of nitrogens with one attached hydrogen (secondary N) is 2. The van der Waals surface area contributed by atoms with Gasteiger partial charge in [-0.2, -0.15) is 5.26 Å². The molecule has 5 nitrogen and oxygen atoms in total. The quantitative estimate of drug-likeness (QED) is 0.847. The van der Waals surface area contributed by atoms with Gasteiger partial charge in [0.2, 0.25) is 0 Å². The highest BCUT2D eigenvalue weighted by atomic mass is 19.1. The zero-order valence-corrected chi connectivity index (χ0v) is 12.2. The summed E-state index contributed by atoms with van der Waals surface area (Å²) in [5.74, 6) is -1.90. The lowest BCUT2D eigenvalue weighted by molar-refractivity contribution is -0.136. The minimum Gasteiger partial charge on any atom is -0.347 e. The predicted octanol–water partition coefficient (Wildman–Crippen LogP) is 1.99. The molecule has 0 aliphatic rings. The first kappa shape index (κ1) is 16.2. The summed E-state index contributed by atoms with van der Waals surface area (Å²) in [7, 11) is 0. The van der Waals surface area contributed by atoms with Gasteiger partial charge in [0.1, 0.15) is 5.82 Å². The fourth-order valence-electron chi connectivity index (χ4n) is 1.91. The molecule has 0 fully saturated rings.